The summed E-state index contributed by atoms with van der Waals surface area (Å²) in [7, 11) is -4.00. The van der Waals surface area contributed by atoms with Crippen molar-refractivity contribution in [3.63, 3.8) is 0 Å². The molecule has 0 radical (unpaired) electrons. The van der Waals surface area contributed by atoms with Crippen LogP contribution >= 0.6 is 0 Å². The molecule has 1 aliphatic rings. The fraction of sp³-hybridized carbons (Fsp3) is 0.375. The first-order valence-electron chi connectivity index (χ1n) is 8.03. The van der Waals surface area contributed by atoms with Crippen molar-refractivity contribution in [2.24, 2.45) is 0 Å². The van der Waals surface area contributed by atoms with Crippen molar-refractivity contribution >= 4 is 21.7 Å². The second kappa shape index (κ2) is 7.94. The average Bonchev–Trinajstić information content (AvgIpc) is 3.28. The van der Waals surface area contributed by atoms with Gasteiger partial charge in [-0.25, -0.2) is 12.8 Å². The number of amides is 1. The molecule has 1 saturated heterocycles. The monoisotopic (exact) mass is 383 g/mol. The van der Waals surface area contributed by atoms with Crippen LogP contribution in [0.2, 0.25) is 0 Å². The number of halogens is 1. The van der Waals surface area contributed by atoms with E-state index < -0.39 is 28.3 Å². The van der Waals surface area contributed by atoms with Gasteiger partial charge in [0.1, 0.15) is 12.1 Å². The Balaban J connectivity index is 1.79. The number of nitrogens with one attached hydrogen (secondary N) is 1. The van der Waals surface area contributed by atoms with Crippen LogP contribution in [-0.4, -0.2) is 49.6 Å². The van der Waals surface area contributed by atoms with Crippen molar-refractivity contribution in [1.29, 1.82) is 0 Å². The maximum Gasteiger partial charge on any atom is 0.243 e. The van der Waals surface area contributed by atoms with Crippen molar-refractivity contribution < 1.29 is 26.9 Å². The van der Waals surface area contributed by atoms with Crippen LogP contribution in [-0.2, 0) is 19.6 Å². The second-order valence-corrected chi connectivity index (χ2v) is 7.76. The zero-order valence-electron chi connectivity index (χ0n) is 13.8. The number of carbonyl (C=O) groups excluding carboxylic acids is 1. The van der Waals surface area contributed by atoms with Crippen molar-refractivity contribution in [2.75, 3.05) is 25.0 Å². The maximum atomic E-state index is 13.1. The molecule has 1 aliphatic heterocycles. The number of anilines is 1. The number of nitrogens with zero attached hydrogens (tertiary/aromatic N) is 2. The SMILES string of the molecule is O=C(CN(CC1CCCO1)S(=O)(=O)c1ccc(F)cc1)Nc1ccon1. The zero-order valence-corrected chi connectivity index (χ0v) is 14.6. The van der Waals surface area contributed by atoms with Crippen LogP contribution in [0.5, 0.6) is 0 Å². The van der Waals surface area contributed by atoms with E-state index >= 15 is 0 Å². The number of ether oxygens (including phenoxy) is 1. The fourth-order valence-electron chi connectivity index (χ4n) is 2.64. The number of hydrogen-bond acceptors (Lipinski definition) is 6. The molecule has 8 nitrogen and oxygen atoms in total. The quantitative estimate of drug-likeness (QED) is 0.780. The van der Waals surface area contributed by atoms with Gasteiger partial charge in [0.05, 0.1) is 17.5 Å². The molecule has 0 saturated carbocycles. The summed E-state index contributed by atoms with van der Waals surface area (Å²) in [4.78, 5) is 12.1. The fourth-order valence-corrected chi connectivity index (χ4v) is 4.07. The summed E-state index contributed by atoms with van der Waals surface area (Å²) in [5.41, 5.74) is 0. The van der Waals surface area contributed by atoms with Gasteiger partial charge >= 0.3 is 0 Å². The van der Waals surface area contributed by atoms with Gasteiger partial charge in [0.2, 0.25) is 15.9 Å². The molecule has 3 rings (SSSR count). The minimum Gasteiger partial charge on any atom is -0.377 e. The van der Waals surface area contributed by atoms with Crippen molar-refractivity contribution in [3.05, 3.63) is 42.4 Å². The van der Waals surface area contributed by atoms with Crippen LogP contribution < -0.4 is 5.32 Å². The lowest BCUT2D eigenvalue weighted by molar-refractivity contribution is -0.116. The molecule has 26 heavy (non-hydrogen) atoms. The topological polar surface area (TPSA) is 102 Å². The highest BCUT2D eigenvalue weighted by molar-refractivity contribution is 7.89. The predicted molar refractivity (Wildman–Crippen MR) is 89.3 cm³/mol. The number of rotatable bonds is 7. The van der Waals surface area contributed by atoms with Gasteiger partial charge in [0.25, 0.3) is 0 Å². The lowest BCUT2D eigenvalue weighted by Gasteiger charge is -2.24. The van der Waals surface area contributed by atoms with E-state index in [-0.39, 0.29) is 23.4 Å². The lowest BCUT2D eigenvalue weighted by atomic mass is 10.2. The van der Waals surface area contributed by atoms with Gasteiger partial charge in [-0.15, -0.1) is 0 Å². The minimum atomic E-state index is -4.00. The number of hydrogen-bond donors (Lipinski definition) is 1. The molecular formula is C16H18FN3O5S. The van der Waals surface area contributed by atoms with Crippen molar-refractivity contribution in [1.82, 2.24) is 9.46 Å². The zero-order chi connectivity index (χ0) is 18.6. The molecule has 0 bridgehead atoms. The van der Waals surface area contributed by atoms with E-state index in [1.807, 2.05) is 0 Å². The van der Waals surface area contributed by atoms with Gasteiger partial charge < -0.3 is 14.6 Å². The van der Waals surface area contributed by atoms with Crippen molar-refractivity contribution in [3.8, 4) is 0 Å². The molecule has 1 unspecified atom stereocenters. The first-order chi connectivity index (χ1) is 12.4. The largest absolute Gasteiger partial charge is 0.377 e. The van der Waals surface area contributed by atoms with Gasteiger partial charge in [-0.1, -0.05) is 5.16 Å². The molecule has 0 spiro atoms. The molecule has 10 heteroatoms. The molecule has 1 aromatic carbocycles. The molecular weight excluding hydrogens is 365 g/mol. The van der Waals surface area contributed by atoms with E-state index in [0.29, 0.717) is 13.0 Å². The summed E-state index contributed by atoms with van der Waals surface area (Å²) >= 11 is 0. The molecule has 1 atom stereocenters. The van der Waals surface area contributed by atoms with E-state index in [4.69, 9.17) is 4.74 Å². The smallest absolute Gasteiger partial charge is 0.243 e. The van der Waals surface area contributed by atoms with Crippen LogP contribution in [0, 0.1) is 5.82 Å². The third-order valence-electron chi connectivity index (χ3n) is 3.91. The normalized spacial score (nSPS) is 17.5. The molecule has 1 N–H and O–H groups in total. The third-order valence-corrected chi connectivity index (χ3v) is 5.73. The minimum absolute atomic E-state index is 0.0337. The summed E-state index contributed by atoms with van der Waals surface area (Å²) < 4.78 is 50.1. The molecule has 1 fully saturated rings. The Morgan fingerprint density at radius 1 is 1.31 bits per heavy atom. The van der Waals surface area contributed by atoms with E-state index in [1.54, 1.807) is 0 Å². The Hall–Kier alpha value is -2.30. The number of benzene rings is 1. The van der Waals surface area contributed by atoms with Gasteiger partial charge in [-0.3, -0.25) is 4.79 Å². The standard InChI is InChI=1S/C16H18FN3O5S/c17-12-3-5-14(6-4-12)26(22,23)20(10-13-2-1-8-24-13)11-16(21)18-15-7-9-25-19-15/h3-7,9,13H,1-2,8,10-11H2,(H,18,19,21). The Bertz CT molecular complexity index is 833. The van der Waals surface area contributed by atoms with Crippen LogP contribution in [0.15, 0.2) is 46.0 Å². The summed E-state index contributed by atoms with van der Waals surface area (Å²) in [5, 5.41) is 6.01. The van der Waals surface area contributed by atoms with Crippen molar-refractivity contribution in [2.45, 2.75) is 23.8 Å². The Labute approximate surface area is 150 Å². The lowest BCUT2D eigenvalue weighted by Crippen LogP contribution is -2.42. The number of aromatic nitrogens is 1. The molecule has 1 amide bonds. The highest BCUT2D eigenvalue weighted by Crippen LogP contribution is 2.20. The summed E-state index contributed by atoms with van der Waals surface area (Å²) in [6, 6.07) is 5.90. The Morgan fingerprint density at radius 3 is 2.69 bits per heavy atom. The van der Waals surface area contributed by atoms with Crippen LogP contribution in [0.1, 0.15) is 12.8 Å². The highest BCUT2D eigenvalue weighted by Gasteiger charge is 2.31. The average molecular weight is 383 g/mol. The number of carbonyl (C=O) groups is 1. The molecule has 0 aliphatic carbocycles. The van der Waals surface area contributed by atoms with E-state index in [1.165, 1.54) is 24.5 Å². The van der Waals surface area contributed by atoms with Gasteiger partial charge in [0.15, 0.2) is 5.82 Å². The predicted octanol–water partition coefficient (Wildman–Crippen LogP) is 1.62. The van der Waals surface area contributed by atoms with E-state index in [0.717, 1.165) is 22.9 Å². The van der Waals surface area contributed by atoms with Crippen LogP contribution in [0.25, 0.3) is 0 Å². The van der Waals surface area contributed by atoms with E-state index in [2.05, 4.69) is 15.0 Å². The van der Waals surface area contributed by atoms with Gasteiger partial charge in [0, 0.05) is 19.2 Å². The van der Waals surface area contributed by atoms with Crippen LogP contribution in [0.3, 0.4) is 0 Å². The number of sulfonamides is 1. The van der Waals surface area contributed by atoms with Crippen LogP contribution in [0.4, 0.5) is 10.2 Å². The first kappa shape index (κ1) is 18.5. The Morgan fingerprint density at radius 2 is 2.08 bits per heavy atom. The summed E-state index contributed by atoms with van der Waals surface area (Å²) in [6.07, 6.45) is 2.54. The highest BCUT2D eigenvalue weighted by atomic mass is 32.2. The summed E-state index contributed by atoms with van der Waals surface area (Å²) in [5.74, 6) is -0.924. The maximum absolute atomic E-state index is 13.1. The Kier molecular flexibility index (Phi) is 5.64. The molecule has 2 heterocycles. The molecule has 2 aromatic rings. The second-order valence-electron chi connectivity index (χ2n) is 5.82. The first-order valence-corrected chi connectivity index (χ1v) is 9.47. The van der Waals surface area contributed by atoms with Gasteiger partial charge in [-0.2, -0.15) is 4.31 Å². The summed E-state index contributed by atoms with van der Waals surface area (Å²) in [6.45, 7) is 0.165. The van der Waals surface area contributed by atoms with E-state index in [9.17, 15) is 17.6 Å². The third kappa shape index (κ3) is 4.45. The molecule has 1 aromatic heterocycles. The van der Waals surface area contributed by atoms with Gasteiger partial charge in [-0.05, 0) is 37.1 Å². The molecule has 140 valence electrons.